The zero-order valence-corrected chi connectivity index (χ0v) is 12.9. The van der Waals surface area contributed by atoms with Crippen LogP contribution in [0.3, 0.4) is 0 Å². The molecule has 0 saturated carbocycles. The quantitative estimate of drug-likeness (QED) is 0.922. The maximum absolute atomic E-state index is 6.07. The number of nitrogens with two attached hydrogens (primary N) is 1. The number of aromatic nitrogens is 2. The number of halogens is 1. The summed E-state index contributed by atoms with van der Waals surface area (Å²) in [6.07, 6.45) is 3.68. The maximum Gasteiger partial charge on any atom is 0.0946 e. The first kappa shape index (κ1) is 15.0. The first-order valence-corrected chi connectivity index (χ1v) is 7.06. The van der Waals surface area contributed by atoms with Gasteiger partial charge in [-0.25, -0.2) is 4.98 Å². The maximum atomic E-state index is 6.07. The van der Waals surface area contributed by atoms with E-state index in [1.807, 2.05) is 36.0 Å². The summed E-state index contributed by atoms with van der Waals surface area (Å²) in [7, 11) is 4.07. The van der Waals surface area contributed by atoms with Gasteiger partial charge in [-0.3, -0.25) is 4.90 Å². The Labute approximate surface area is 125 Å². The summed E-state index contributed by atoms with van der Waals surface area (Å²) in [6, 6.07) is 8.29. The fraction of sp³-hybridized carbons (Fsp3) is 0.400. The summed E-state index contributed by atoms with van der Waals surface area (Å²) in [5.41, 5.74) is 8.27. The molecular formula is C15H21ClN4. The van der Waals surface area contributed by atoms with Gasteiger partial charge in [-0.05, 0) is 31.7 Å². The van der Waals surface area contributed by atoms with E-state index >= 15 is 0 Å². The second-order valence-corrected chi connectivity index (χ2v) is 5.51. The molecule has 4 nitrogen and oxygen atoms in total. The SMILES string of the molecule is CC(c1cccc(Cl)c1)N(C)C(CN)c1cncn1C. The van der Waals surface area contributed by atoms with Gasteiger partial charge in [0.15, 0.2) is 0 Å². The van der Waals surface area contributed by atoms with Crippen LogP contribution in [0.2, 0.25) is 5.02 Å². The number of likely N-dealkylation sites (N-methyl/N-ethyl adjacent to an activating group) is 1. The van der Waals surface area contributed by atoms with Crippen LogP contribution in [0.4, 0.5) is 0 Å². The first-order valence-electron chi connectivity index (χ1n) is 6.68. The van der Waals surface area contributed by atoms with Crippen molar-refractivity contribution in [1.82, 2.24) is 14.5 Å². The van der Waals surface area contributed by atoms with Crippen LogP contribution in [-0.4, -0.2) is 28.0 Å². The average Bonchev–Trinajstić information content (AvgIpc) is 2.85. The van der Waals surface area contributed by atoms with Crippen molar-refractivity contribution < 1.29 is 0 Å². The fourth-order valence-corrected chi connectivity index (χ4v) is 2.65. The molecule has 0 saturated heterocycles. The lowest BCUT2D eigenvalue weighted by Gasteiger charge is -2.33. The second kappa shape index (κ2) is 6.39. The number of hydrogen-bond acceptors (Lipinski definition) is 3. The summed E-state index contributed by atoms with van der Waals surface area (Å²) in [5, 5.41) is 0.757. The summed E-state index contributed by atoms with van der Waals surface area (Å²) >= 11 is 6.07. The van der Waals surface area contributed by atoms with E-state index < -0.39 is 0 Å². The van der Waals surface area contributed by atoms with Crippen molar-refractivity contribution in [1.29, 1.82) is 0 Å². The van der Waals surface area contributed by atoms with Crippen molar-refractivity contribution >= 4 is 11.6 Å². The van der Waals surface area contributed by atoms with Crippen molar-refractivity contribution in [2.75, 3.05) is 13.6 Å². The first-order chi connectivity index (χ1) is 9.54. The molecular weight excluding hydrogens is 272 g/mol. The van der Waals surface area contributed by atoms with E-state index in [-0.39, 0.29) is 12.1 Å². The molecule has 0 spiro atoms. The van der Waals surface area contributed by atoms with Crippen LogP contribution in [-0.2, 0) is 7.05 Å². The van der Waals surface area contributed by atoms with Crippen LogP contribution in [0.5, 0.6) is 0 Å². The van der Waals surface area contributed by atoms with Crippen molar-refractivity contribution in [3.8, 4) is 0 Å². The highest BCUT2D eigenvalue weighted by molar-refractivity contribution is 6.30. The lowest BCUT2D eigenvalue weighted by Crippen LogP contribution is -2.33. The van der Waals surface area contributed by atoms with E-state index in [1.165, 1.54) is 5.56 Å². The van der Waals surface area contributed by atoms with Crippen molar-refractivity contribution in [3.05, 3.63) is 53.1 Å². The molecule has 0 aliphatic heterocycles. The van der Waals surface area contributed by atoms with Gasteiger partial charge < -0.3 is 10.3 Å². The number of benzene rings is 1. The molecule has 20 heavy (non-hydrogen) atoms. The molecule has 2 unspecified atom stereocenters. The molecule has 0 amide bonds. The zero-order chi connectivity index (χ0) is 14.7. The molecule has 0 aliphatic rings. The third-order valence-corrected chi connectivity index (χ3v) is 4.09. The standard InChI is InChI=1S/C15H21ClN4/c1-11(12-5-4-6-13(16)7-12)20(3)14(8-17)15-9-18-10-19(15)2/h4-7,9-11,14H,8,17H2,1-3H3. The fourth-order valence-electron chi connectivity index (χ4n) is 2.46. The largest absolute Gasteiger partial charge is 0.336 e. The van der Waals surface area contributed by atoms with E-state index in [4.69, 9.17) is 17.3 Å². The molecule has 108 valence electrons. The van der Waals surface area contributed by atoms with Gasteiger partial charge in [-0.15, -0.1) is 0 Å². The Morgan fingerprint density at radius 3 is 2.75 bits per heavy atom. The minimum Gasteiger partial charge on any atom is -0.336 e. The lowest BCUT2D eigenvalue weighted by atomic mass is 10.0. The Hall–Kier alpha value is -1.36. The number of imidazole rings is 1. The van der Waals surface area contributed by atoms with Crippen LogP contribution in [0.1, 0.15) is 30.3 Å². The highest BCUT2D eigenvalue weighted by Gasteiger charge is 2.23. The van der Waals surface area contributed by atoms with Crippen LogP contribution in [0.25, 0.3) is 0 Å². The third kappa shape index (κ3) is 3.03. The Kier molecular flexibility index (Phi) is 4.81. The van der Waals surface area contributed by atoms with E-state index in [0.717, 1.165) is 10.7 Å². The second-order valence-electron chi connectivity index (χ2n) is 5.08. The highest BCUT2D eigenvalue weighted by Crippen LogP contribution is 2.29. The summed E-state index contributed by atoms with van der Waals surface area (Å²) < 4.78 is 2.01. The van der Waals surface area contributed by atoms with E-state index in [2.05, 4.69) is 29.9 Å². The molecule has 1 aromatic heterocycles. The summed E-state index contributed by atoms with van der Waals surface area (Å²) in [6.45, 7) is 2.70. The molecule has 1 aromatic carbocycles. The molecule has 2 rings (SSSR count). The van der Waals surface area contributed by atoms with Crippen molar-refractivity contribution in [2.45, 2.75) is 19.0 Å². The summed E-state index contributed by atoms with van der Waals surface area (Å²) in [4.78, 5) is 6.43. The van der Waals surface area contributed by atoms with Crippen molar-refractivity contribution in [3.63, 3.8) is 0 Å². The molecule has 0 bridgehead atoms. The van der Waals surface area contributed by atoms with E-state index in [0.29, 0.717) is 6.54 Å². The Morgan fingerprint density at radius 1 is 1.45 bits per heavy atom. The van der Waals surface area contributed by atoms with Gasteiger partial charge >= 0.3 is 0 Å². The van der Waals surface area contributed by atoms with Crippen LogP contribution in [0.15, 0.2) is 36.8 Å². The predicted octanol–water partition coefficient (Wildman–Crippen LogP) is 2.77. The van der Waals surface area contributed by atoms with E-state index in [9.17, 15) is 0 Å². The monoisotopic (exact) mass is 292 g/mol. The van der Waals surface area contributed by atoms with Gasteiger partial charge in [0.1, 0.15) is 0 Å². The lowest BCUT2D eigenvalue weighted by molar-refractivity contribution is 0.184. The minimum absolute atomic E-state index is 0.122. The van der Waals surface area contributed by atoms with E-state index in [1.54, 1.807) is 6.33 Å². The molecule has 2 aromatic rings. The Balaban J connectivity index is 2.24. The van der Waals surface area contributed by atoms with Crippen molar-refractivity contribution in [2.24, 2.45) is 12.8 Å². The van der Waals surface area contributed by atoms with Gasteiger partial charge in [0.25, 0.3) is 0 Å². The number of nitrogens with zero attached hydrogens (tertiary/aromatic N) is 3. The average molecular weight is 293 g/mol. The highest BCUT2D eigenvalue weighted by atomic mass is 35.5. The molecule has 0 radical (unpaired) electrons. The van der Waals surface area contributed by atoms with Gasteiger partial charge in [-0.1, -0.05) is 23.7 Å². The van der Waals surface area contributed by atoms with Gasteiger partial charge in [0.05, 0.1) is 18.1 Å². The molecule has 5 heteroatoms. The zero-order valence-electron chi connectivity index (χ0n) is 12.1. The van der Waals surface area contributed by atoms with Gasteiger partial charge in [0, 0.05) is 30.9 Å². The molecule has 2 N–H and O–H groups in total. The molecule has 0 fully saturated rings. The smallest absolute Gasteiger partial charge is 0.0946 e. The molecule has 1 heterocycles. The topological polar surface area (TPSA) is 47.1 Å². The summed E-state index contributed by atoms with van der Waals surface area (Å²) in [5.74, 6) is 0. The third-order valence-electron chi connectivity index (χ3n) is 3.85. The molecule has 0 aliphatic carbocycles. The van der Waals surface area contributed by atoms with Gasteiger partial charge in [-0.2, -0.15) is 0 Å². The molecule has 2 atom stereocenters. The van der Waals surface area contributed by atoms with Crippen LogP contribution >= 0.6 is 11.6 Å². The van der Waals surface area contributed by atoms with Crippen LogP contribution in [0, 0.1) is 0 Å². The minimum atomic E-state index is 0.122. The predicted molar refractivity (Wildman–Crippen MR) is 82.6 cm³/mol. The van der Waals surface area contributed by atoms with Gasteiger partial charge in [0.2, 0.25) is 0 Å². The van der Waals surface area contributed by atoms with Crippen LogP contribution < -0.4 is 5.73 Å². The normalized spacial score (nSPS) is 14.5. The number of aryl methyl sites for hydroxylation is 1. The Morgan fingerprint density at radius 2 is 2.20 bits per heavy atom. The number of hydrogen-bond donors (Lipinski definition) is 1. The Bertz CT molecular complexity index is 567. The number of rotatable bonds is 5.